The highest BCUT2D eigenvalue weighted by atomic mass is 35.5. The number of fused-ring (bicyclic) bond motifs is 1. The average Bonchev–Trinajstić information content (AvgIpc) is 2.77. The van der Waals surface area contributed by atoms with Crippen molar-refractivity contribution in [2.75, 3.05) is 0 Å². The van der Waals surface area contributed by atoms with Crippen molar-refractivity contribution in [3.8, 4) is 0 Å². The molecule has 0 spiro atoms. The lowest BCUT2D eigenvalue weighted by Gasteiger charge is -2.06. The minimum atomic E-state index is 0.326. The summed E-state index contributed by atoms with van der Waals surface area (Å²) in [5.74, 6) is 0.893. The topological polar surface area (TPSA) is 25.8 Å². The molecule has 0 atom stereocenters. The molecule has 20 heavy (non-hydrogen) atoms. The van der Waals surface area contributed by atoms with Gasteiger partial charge in [0.15, 0.2) is 0 Å². The van der Waals surface area contributed by atoms with Gasteiger partial charge in [-0.25, -0.2) is 9.97 Å². The molecule has 3 aromatic rings. The van der Waals surface area contributed by atoms with Crippen LogP contribution in [0.15, 0.2) is 35.4 Å². The highest BCUT2D eigenvalue weighted by Gasteiger charge is 2.10. The first-order valence-corrected chi connectivity index (χ1v) is 8.42. The van der Waals surface area contributed by atoms with Gasteiger partial charge in [0.2, 0.25) is 5.28 Å². The summed E-state index contributed by atoms with van der Waals surface area (Å²) in [6.07, 6.45) is 0. The molecule has 0 amide bonds. The molecule has 0 saturated heterocycles. The molecule has 1 aromatic carbocycles. The zero-order chi connectivity index (χ0) is 14.1. The summed E-state index contributed by atoms with van der Waals surface area (Å²) in [6, 6.07) is 10.6. The summed E-state index contributed by atoms with van der Waals surface area (Å²) in [7, 11) is 0. The van der Waals surface area contributed by atoms with E-state index >= 15 is 0 Å². The van der Waals surface area contributed by atoms with Crippen LogP contribution in [0.2, 0.25) is 5.28 Å². The number of aromatic nitrogens is 2. The van der Waals surface area contributed by atoms with E-state index in [0.29, 0.717) is 5.28 Å². The fraction of sp³-hybridized carbons (Fsp3) is 0.200. The van der Waals surface area contributed by atoms with Crippen LogP contribution in [-0.4, -0.2) is 9.97 Å². The Bertz CT molecular complexity index is 768. The normalized spacial score (nSPS) is 11.2. The Kier molecular flexibility index (Phi) is 3.96. The smallest absolute Gasteiger partial charge is 0.211 e. The molecule has 2 nitrogen and oxygen atoms in total. The van der Waals surface area contributed by atoms with Crippen LogP contribution in [-0.2, 0) is 5.75 Å². The Labute approximate surface area is 131 Å². The summed E-state index contributed by atoms with van der Waals surface area (Å²) in [5, 5.41) is 2.40. The van der Waals surface area contributed by atoms with Crippen molar-refractivity contribution in [2.45, 2.75) is 24.6 Å². The van der Waals surface area contributed by atoms with Crippen molar-refractivity contribution in [2.24, 2.45) is 0 Å². The first kappa shape index (κ1) is 13.9. The summed E-state index contributed by atoms with van der Waals surface area (Å²) < 4.78 is 0. The third kappa shape index (κ3) is 2.82. The fourth-order valence-corrected chi connectivity index (χ4v) is 4.31. The maximum absolute atomic E-state index is 6.02. The molecule has 3 rings (SSSR count). The van der Waals surface area contributed by atoms with Crippen LogP contribution in [0.3, 0.4) is 0 Å². The van der Waals surface area contributed by atoms with Crippen molar-refractivity contribution in [1.82, 2.24) is 9.97 Å². The van der Waals surface area contributed by atoms with Crippen molar-refractivity contribution in [3.63, 3.8) is 0 Å². The second kappa shape index (κ2) is 5.72. The summed E-state index contributed by atoms with van der Waals surface area (Å²) in [6.45, 7) is 4.21. The molecule has 0 aliphatic heterocycles. The zero-order valence-electron chi connectivity index (χ0n) is 11.2. The van der Waals surface area contributed by atoms with Gasteiger partial charge in [-0.15, -0.1) is 23.1 Å². The Morgan fingerprint density at radius 3 is 2.80 bits per heavy atom. The first-order chi connectivity index (χ1) is 9.63. The van der Waals surface area contributed by atoms with Crippen LogP contribution in [0.5, 0.6) is 0 Å². The Hall–Kier alpha value is -1.10. The van der Waals surface area contributed by atoms with Crippen molar-refractivity contribution >= 4 is 44.9 Å². The number of halogens is 1. The molecule has 5 heteroatoms. The van der Waals surface area contributed by atoms with Crippen LogP contribution < -0.4 is 0 Å². The molecule has 0 aliphatic rings. The second-order valence-corrected chi connectivity index (χ2v) is 7.13. The molecule has 0 radical (unpaired) electrons. The minimum Gasteiger partial charge on any atom is -0.211 e. The summed E-state index contributed by atoms with van der Waals surface area (Å²) in [5.41, 5.74) is 2.63. The molecule has 0 N–H and O–H groups in total. The van der Waals surface area contributed by atoms with Crippen LogP contribution >= 0.6 is 34.7 Å². The number of hydrogen-bond acceptors (Lipinski definition) is 4. The molecule has 0 fully saturated rings. The van der Waals surface area contributed by atoms with Gasteiger partial charge in [0.25, 0.3) is 0 Å². The first-order valence-electron chi connectivity index (χ1n) is 6.24. The van der Waals surface area contributed by atoms with Gasteiger partial charge in [0.05, 0.1) is 0 Å². The van der Waals surface area contributed by atoms with Gasteiger partial charge in [-0.1, -0.05) is 24.3 Å². The standard InChI is InChI=1S/C15H13ClN2S2/c1-9-5-3-4-6-11(9)8-19-13-12-7-10(2)20-14(12)18-15(16)17-13/h3-7H,8H2,1-2H3. The number of thiophene rings is 1. The monoisotopic (exact) mass is 320 g/mol. The lowest BCUT2D eigenvalue weighted by Crippen LogP contribution is -1.89. The summed E-state index contributed by atoms with van der Waals surface area (Å²) in [4.78, 5) is 10.9. The van der Waals surface area contributed by atoms with E-state index in [-0.39, 0.29) is 0 Å². The lowest BCUT2D eigenvalue weighted by molar-refractivity contribution is 1.11. The van der Waals surface area contributed by atoms with Crippen molar-refractivity contribution in [3.05, 3.63) is 51.6 Å². The molecule has 0 bridgehead atoms. The molecule has 0 unspecified atom stereocenters. The second-order valence-electron chi connectivity index (χ2n) is 4.59. The highest BCUT2D eigenvalue weighted by Crippen LogP contribution is 2.33. The van der Waals surface area contributed by atoms with E-state index < -0.39 is 0 Å². The van der Waals surface area contributed by atoms with Gasteiger partial charge in [0.1, 0.15) is 9.86 Å². The number of nitrogens with zero attached hydrogens (tertiary/aromatic N) is 2. The molecule has 2 heterocycles. The third-order valence-corrected chi connectivity index (χ3v) is 5.23. The predicted molar refractivity (Wildman–Crippen MR) is 87.9 cm³/mol. The molecule has 102 valence electrons. The van der Waals surface area contributed by atoms with E-state index in [1.54, 1.807) is 23.1 Å². The predicted octanol–water partition coefficient (Wildman–Crippen LogP) is 5.25. The molecular weight excluding hydrogens is 308 g/mol. The summed E-state index contributed by atoms with van der Waals surface area (Å²) >= 11 is 9.39. The minimum absolute atomic E-state index is 0.326. The Balaban J connectivity index is 1.93. The third-order valence-electron chi connectivity index (χ3n) is 3.08. The molecular formula is C15H13ClN2S2. The van der Waals surface area contributed by atoms with E-state index in [9.17, 15) is 0 Å². The van der Waals surface area contributed by atoms with E-state index in [0.717, 1.165) is 21.0 Å². The van der Waals surface area contributed by atoms with E-state index in [4.69, 9.17) is 11.6 Å². The van der Waals surface area contributed by atoms with Gasteiger partial charge in [-0.3, -0.25) is 0 Å². The zero-order valence-corrected chi connectivity index (χ0v) is 13.6. The highest BCUT2D eigenvalue weighted by molar-refractivity contribution is 7.98. The van der Waals surface area contributed by atoms with Crippen LogP contribution in [0.25, 0.3) is 10.2 Å². The molecule has 0 saturated carbocycles. The van der Waals surface area contributed by atoms with E-state index in [2.05, 4.69) is 54.1 Å². The van der Waals surface area contributed by atoms with Crippen LogP contribution in [0.4, 0.5) is 0 Å². The Morgan fingerprint density at radius 2 is 2.00 bits per heavy atom. The van der Waals surface area contributed by atoms with E-state index in [1.165, 1.54) is 16.0 Å². The van der Waals surface area contributed by atoms with Gasteiger partial charge in [0, 0.05) is 16.0 Å². The van der Waals surface area contributed by atoms with Crippen molar-refractivity contribution in [1.29, 1.82) is 0 Å². The number of aryl methyl sites for hydroxylation is 2. The average molecular weight is 321 g/mol. The number of hydrogen-bond donors (Lipinski definition) is 0. The maximum atomic E-state index is 6.02. The number of benzene rings is 1. The van der Waals surface area contributed by atoms with Gasteiger partial charge in [-0.05, 0) is 42.6 Å². The van der Waals surface area contributed by atoms with Crippen molar-refractivity contribution < 1.29 is 0 Å². The van der Waals surface area contributed by atoms with Gasteiger partial charge in [-0.2, -0.15) is 0 Å². The van der Waals surface area contributed by atoms with Crippen LogP contribution in [0.1, 0.15) is 16.0 Å². The number of rotatable bonds is 3. The lowest BCUT2D eigenvalue weighted by atomic mass is 10.1. The Morgan fingerprint density at radius 1 is 1.20 bits per heavy atom. The van der Waals surface area contributed by atoms with Crippen LogP contribution in [0, 0.1) is 13.8 Å². The van der Waals surface area contributed by atoms with E-state index in [1.807, 2.05) is 0 Å². The quantitative estimate of drug-likeness (QED) is 0.374. The molecule has 0 aliphatic carbocycles. The van der Waals surface area contributed by atoms with Gasteiger partial charge >= 0.3 is 0 Å². The number of thioether (sulfide) groups is 1. The molecule has 2 aromatic heterocycles. The fourth-order valence-electron chi connectivity index (χ4n) is 2.02. The SMILES string of the molecule is Cc1cc2c(SCc3ccccc3C)nc(Cl)nc2s1. The maximum Gasteiger partial charge on any atom is 0.224 e. The largest absolute Gasteiger partial charge is 0.224 e. The van der Waals surface area contributed by atoms with Gasteiger partial charge < -0.3 is 0 Å².